The number of anilines is 1. The maximum atomic E-state index is 13.0. The SMILES string of the molecule is CCOC(=O)c1c(NC(=O)C2CCCN(S(=O)(=O)c3cccs3)C2)sc2c1CCC2. The zero-order chi connectivity index (χ0) is 21.3. The Morgan fingerprint density at radius 1 is 1.30 bits per heavy atom. The van der Waals surface area contributed by atoms with Crippen LogP contribution in [0.5, 0.6) is 0 Å². The summed E-state index contributed by atoms with van der Waals surface area (Å²) in [4.78, 5) is 26.6. The van der Waals surface area contributed by atoms with Crippen LogP contribution < -0.4 is 5.32 Å². The minimum absolute atomic E-state index is 0.145. The number of esters is 1. The highest BCUT2D eigenvalue weighted by Crippen LogP contribution is 2.40. The Morgan fingerprint density at radius 3 is 2.87 bits per heavy atom. The molecule has 1 saturated heterocycles. The maximum absolute atomic E-state index is 13.0. The van der Waals surface area contributed by atoms with Gasteiger partial charge in [-0.2, -0.15) is 4.31 Å². The van der Waals surface area contributed by atoms with Crippen molar-refractivity contribution in [3.8, 4) is 0 Å². The molecule has 4 rings (SSSR count). The Morgan fingerprint density at radius 2 is 2.13 bits per heavy atom. The first-order valence-corrected chi connectivity index (χ1v) is 13.2. The summed E-state index contributed by atoms with van der Waals surface area (Å²) in [5.41, 5.74) is 1.46. The second-order valence-corrected chi connectivity index (χ2v) is 11.6. The van der Waals surface area contributed by atoms with Crippen molar-refractivity contribution in [3.05, 3.63) is 33.5 Å². The Labute approximate surface area is 184 Å². The molecule has 1 unspecified atom stereocenters. The van der Waals surface area contributed by atoms with Crippen LogP contribution in [-0.4, -0.2) is 44.3 Å². The number of nitrogens with zero attached hydrogens (tertiary/aromatic N) is 1. The van der Waals surface area contributed by atoms with Crippen LogP contribution in [0, 0.1) is 5.92 Å². The highest BCUT2D eigenvalue weighted by atomic mass is 32.2. The van der Waals surface area contributed by atoms with Crippen molar-refractivity contribution in [1.29, 1.82) is 0 Å². The van der Waals surface area contributed by atoms with Gasteiger partial charge in [0.2, 0.25) is 5.91 Å². The fourth-order valence-corrected chi connectivity index (χ4v) is 7.99. The lowest BCUT2D eigenvalue weighted by atomic mass is 9.99. The summed E-state index contributed by atoms with van der Waals surface area (Å²) in [6.07, 6.45) is 3.95. The second-order valence-electron chi connectivity index (χ2n) is 7.41. The number of ether oxygens (including phenoxy) is 1. The van der Waals surface area contributed by atoms with Crippen LogP contribution in [0.3, 0.4) is 0 Å². The summed E-state index contributed by atoms with van der Waals surface area (Å²) in [6, 6.07) is 3.29. The molecule has 0 radical (unpaired) electrons. The van der Waals surface area contributed by atoms with Gasteiger partial charge in [0.25, 0.3) is 10.0 Å². The molecule has 162 valence electrons. The number of piperidine rings is 1. The molecule has 30 heavy (non-hydrogen) atoms. The zero-order valence-corrected chi connectivity index (χ0v) is 19.1. The van der Waals surface area contributed by atoms with Gasteiger partial charge in [0, 0.05) is 18.0 Å². The summed E-state index contributed by atoms with van der Waals surface area (Å²) < 4.78 is 32.6. The average Bonchev–Trinajstić information content (AvgIpc) is 3.46. The van der Waals surface area contributed by atoms with Crippen molar-refractivity contribution in [1.82, 2.24) is 4.31 Å². The molecule has 1 fully saturated rings. The molecule has 0 bridgehead atoms. The van der Waals surface area contributed by atoms with Crippen LogP contribution in [0.4, 0.5) is 5.00 Å². The fraction of sp³-hybridized carbons (Fsp3) is 0.500. The van der Waals surface area contributed by atoms with Crippen LogP contribution in [0.2, 0.25) is 0 Å². The molecule has 1 N–H and O–H groups in total. The third-order valence-electron chi connectivity index (χ3n) is 5.48. The van der Waals surface area contributed by atoms with Gasteiger partial charge in [-0.15, -0.1) is 22.7 Å². The van der Waals surface area contributed by atoms with Crippen molar-refractivity contribution < 1.29 is 22.7 Å². The molecule has 0 spiro atoms. The number of carbonyl (C=O) groups excluding carboxylic acids is 2. The predicted molar refractivity (Wildman–Crippen MR) is 117 cm³/mol. The van der Waals surface area contributed by atoms with Gasteiger partial charge >= 0.3 is 5.97 Å². The Balaban J connectivity index is 1.51. The summed E-state index contributed by atoms with van der Waals surface area (Å²) in [6.45, 7) is 2.58. The molecule has 0 aromatic carbocycles. The molecule has 1 amide bonds. The third-order valence-corrected chi connectivity index (χ3v) is 9.93. The van der Waals surface area contributed by atoms with E-state index in [0.29, 0.717) is 34.2 Å². The Hall–Kier alpha value is -1.75. The first-order valence-electron chi connectivity index (χ1n) is 10.1. The van der Waals surface area contributed by atoms with E-state index in [0.717, 1.165) is 29.7 Å². The van der Waals surface area contributed by atoms with Crippen molar-refractivity contribution in [2.45, 2.75) is 43.2 Å². The highest BCUT2D eigenvalue weighted by Gasteiger charge is 2.35. The molecule has 0 saturated carbocycles. The number of fused-ring (bicyclic) bond motifs is 1. The molecule has 2 aliphatic rings. The van der Waals surface area contributed by atoms with Gasteiger partial charge in [0.1, 0.15) is 9.21 Å². The first kappa shape index (κ1) is 21.5. The summed E-state index contributed by atoms with van der Waals surface area (Å²) in [5.74, 6) is -1.11. The molecule has 1 aliphatic carbocycles. The van der Waals surface area contributed by atoms with Gasteiger partial charge in [-0.3, -0.25) is 4.79 Å². The van der Waals surface area contributed by atoms with E-state index in [4.69, 9.17) is 4.74 Å². The van der Waals surface area contributed by atoms with Gasteiger partial charge in [-0.1, -0.05) is 6.07 Å². The zero-order valence-electron chi connectivity index (χ0n) is 16.7. The number of aryl methyl sites for hydroxylation is 1. The summed E-state index contributed by atoms with van der Waals surface area (Å²) >= 11 is 2.62. The van der Waals surface area contributed by atoms with Gasteiger partial charge in [0.15, 0.2) is 0 Å². The molecule has 3 heterocycles. The fourth-order valence-electron chi connectivity index (χ4n) is 4.04. The second kappa shape index (κ2) is 8.78. The standard InChI is InChI=1S/C20H24N2O5S3/c1-2-27-20(24)17-14-7-3-8-15(14)29-19(17)21-18(23)13-6-4-10-22(12-13)30(25,26)16-9-5-11-28-16/h5,9,11,13H,2-4,6-8,10,12H2,1H3,(H,21,23). The number of sulfonamides is 1. The van der Waals surface area contributed by atoms with E-state index in [9.17, 15) is 18.0 Å². The molecule has 2 aromatic rings. The third kappa shape index (κ3) is 4.05. The van der Waals surface area contributed by atoms with Crippen LogP contribution in [-0.2, 0) is 32.4 Å². The lowest BCUT2D eigenvalue weighted by molar-refractivity contribution is -0.120. The molecule has 10 heteroatoms. The monoisotopic (exact) mass is 468 g/mol. The van der Waals surface area contributed by atoms with Crippen molar-refractivity contribution in [2.24, 2.45) is 5.92 Å². The molecule has 1 atom stereocenters. The van der Waals surface area contributed by atoms with E-state index in [-0.39, 0.29) is 19.1 Å². The average molecular weight is 469 g/mol. The van der Waals surface area contributed by atoms with E-state index in [1.165, 1.54) is 27.0 Å². The first-order chi connectivity index (χ1) is 14.4. The molecule has 1 aliphatic heterocycles. The number of thiophene rings is 2. The largest absolute Gasteiger partial charge is 0.462 e. The normalized spacial score (nSPS) is 19.4. The van der Waals surface area contributed by atoms with Gasteiger partial charge in [-0.05, 0) is 56.0 Å². The van der Waals surface area contributed by atoms with Gasteiger partial charge in [-0.25, -0.2) is 13.2 Å². The molecule has 2 aromatic heterocycles. The van der Waals surface area contributed by atoms with Crippen molar-refractivity contribution >= 4 is 49.6 Å². The lowest BCUT2D eigenvalue weighted by Gasteiger charge is -2.30. The number of rotatable bonds is 6. The van der Waals surface area contributed by atoms with Gasteiger partial charge in [0.05, 0.1) is 18.1 Å². The summed E-state index contributed by atoms with van der Waals surface area (Å²) in [7, 11) is -3.58. The van der Waals surface area contributed by atoms with E-state index in [2.05, 4.69) is 5.32 Å². The van der Waals surface area contributed by atoms with E-state index < -0.39 is 21.9 Å². The number of hydrogen-bond acceptors (Lipinski definition) is 7. The minimum atomic E-state index is -3.58. The lowest BCUT2D eigenvalue weighted by Crippen LogP contribution is -2.43. The van der Waals surface area contributed by atoms with Crippen LogP contribution in [0.1, 0.15) is 47.0 Å². The molecular weight excluding hydrogens is 444 g/mol. The van der Waals surface area contributed by atoms with E-state index in [1.54, 1.807) is 24.4 Å². The van der Waals surface area contributed by atoms with E-state index in [1.807, 2.05) is 0 Å². The number of nitrogens with one attached hydrogen (secondary N) is 1. The Kier molecular flexibility index (Phi) is 6.29. The number of carbonyl (C=O) groups is 2. The van der Waals surface area contributed by atoms with Crippen LogP contribution in [0.25, 0.3) is 0 Å². The minimum Gasteiger partial charge on any atom is -0.462 e. The smallest absolute Gasteiger partial charge is 0.341 e. The van der Waals surface area contributed by atoms with Crippen LogP contribution in [0.15, 0.2) is 21.7 Å². The molecular formula is C20H24N2O5S3. The van der Waals surface area contributed by atoms with Gasteiger partial charge < -0.3 is 10.1 Å². The quantitative estimate of drug-likeness (QED) is 0.655. The maximum Gasteiger partial charge on any atom is 0.341 e. The highest BCUT2D eigenvalue weighted by molar-refractivity contribution is 7.91. The predicted octanol–water partition coefficient (Wildman–Crippen LogP) is 3.51. The van der Waals surface area contributed by atoms with Crippen molar-refractivity contribution in [3.63, 3.8) is 0 Å². The van der Waals surface area contributed by atoms with Crippen molar-refractivity contribution in [2.75, 3.05) is 25.0 Å². The van der Waals surface area contributed by atoms with E-state index >= 15 is 0 Å². The molecule has 7 nitrogen and oxygen atoms in total. The Bertz CT molecular complexity index is 1040. The summed E-state index contributed by atoms with van der Waals surface area (Å²) in [5, 5.41) is 5.17. The number of hydrogen-bond donors (Lipinski definition) is 1. The van der Waals surface area contributed by atoms with Crippen LogP contribution >= 0.6 is 22.7 Å². The number of amides is 1. The topological polar surface area (TPSA) is 92.8 Å².